The molecule has 0 heterocycles. The van der Waals surface area contributed by atoms with Crippen molar-refractivity contribution in [1.82, 2.24) is 0 Å². The lowest BCUT2D eigenvalue weighted by atomic mass is 9.79. The summed E-state index contributed by atoms with van der Waals surface area (Å²) in [6.45, 7) is 0. The fourth-order valence-corrected chi connectivity index (χ4v) is 11.4. The van der Waals surface area contributed by atoms with E-state index in [1.165, 1.54) is 80.5 Å². The Bertz CT molecular complexity index is 1750. The molecule has 2 N–H and O–H groups in total. The molecule has 8 rings (SSSR count). The minimum atomic E-state index is -0.823. The molecule has 6 aromatic carbocycles. The van der Waals surface area contributed by atoms with Crippen molar-refractivity contribution in [2.24, 2.45) is 0 Å². The van der Waals surface area contributed by atoms with Crippen molar-refractivity contribution in [3.63, 3.8) is 0 Å². The van der Waals surface area contributed by atoms with Gasteiger partial charge in [-0.3, -0.25) is 0 Å². The third-order valence-corrected chi connectivity index (χ3v) is 14.0. The van der Waals surface area contributed by atoms with Crippen molar-refractivity contribution in [1.29, 1.82) is 0 Å². The number of nitrogens with one attached hydrogen (secondary N) is 2. The summed E-state index contributed by atoms with van der Waals surface area (Å²) in [5.74, 6) is 0. The minimum Gasteiger partial charge on any atom is -0.356 e. The van der Waals surface area contributed by atoms with E-state index in [9.17, 15) is 0 Å². The first kappa shape index (κ1) is 31.1. The van der Waals surface area contributed by atoms with Gasteiger partial charge in [0.1, 0.15) is 0 Å². The second-order valence-electron chi connectivity index (χ2n) is 12.9. The first-order valence-corrected chi connectivity index (χ1v) is 20.2. The van der Waals surface area contributed by atoms with Gasteiger partial charge in [-0.1, -0.05) is 133 Å². The number of hydrogen-bond acceptors (Lipinski definition) is 2. The number of hydrogen-bond donors (Lipinski definition) is 2. The molecule has 0 bridgehead atoms. The maximum atomic E-state index is 4.22. The summed E-state index contributed by atoms with van der Waals surface area (Å²) >= 11 is 0. The molecular formula is C44H42N2P2. The summed E-state index contributed by atoms with van der Waals surface area (Å²) in [6, 6.07) is 53.8. The topological polar surface area (TPSA) is 24.1 Å². The van der Waals surface area contributed by atoms with Gasteiger partial charge in [-0.25, -0.2) is 0 Å². The van der Waals surface area contributed by atoms with Crippen LogP contribution in [0.4, 0.5) is 11.4 Å². The van der Waals surface area contributed by atoms with Gasteiger partial charge < -0.3 is 10.2 Å². The fourth-order valence-electron chi connectivity index (χ4n) is 7.52. The Kier molecular flexibility index (Phi) is 9.38. The maximum Gasteiger partial charge on any atom is 0.0522 e. The van der Waals surface area contributed by atoms with Crippen LogP contribution in [0.1, 0.15) is 47.9 Å². The zero-order valence-electron chi connectivity index (χ0n) is 27.4. The molecule has 2 nitrogen and oxygen atoms in total. The van der Waals surface area contributed by atoms with E-state index < -0.39 is 16.1 Å². The lowest BCUT2D eigenvalue weighted by Gasteiger charge is -2.31. The van der Waals surface area contributed by atoms with E-state index in [4.69, 9.17) is 0 Å². The molecule has 0 atom stereocenters. The molecule has 2 aliphatic rings. The predicted octanol–water partition coefficient (Wildman–Crippen LogP) is 10.0. The largest absolute Gasteiger partial charge is 0.356 e. The molecule has 0 fully saturated rings. The van der Waals surface area contributed by atoms with Gasteiger partial charge in [-0.15, -0.1) is 0 Å². The summed E-state index contributed by atoms with van der Waals surface area (Å²) in [5.41, 5.74) is 11.5. The molecule has 0 saturated carbocycles. The molecule has 0 saturated heterocycles. The average molecular weight is 661 g/mol. The monoisotopic (exact) mass is 660 g/mol. The Balaban J connectivity index is 1.33. The van der Waals surface area contributed by atoms with E-state index in [-0.39, 0.29) is 0 Å². The van der Waals surface area contributed by atoms with Gasteiger partial charge in [0.2, 0.25) is 0 Å². The van der Waals surface area contributed by atoms with Crippen molar-refractivity contribution in [2.75, 3.05) is 10.2 Å². The molecule has 2 aliphatic carbocycles. The molecule has 0 aromatic heterocycles. The third kappa shape index (κ3) is 6.45. The molecule has 48 heavy (non-hydrogen) atoms. The molecular weight excluding hydrogens is 618 g/mol. The van der Waals surface area contributed by atoms with Crippen LogP contribution in [0.3, 0.4) is 0 Å². The molecule has 238 valence electrons. The Morgan fingerprint density at radius 1 is 0.333 bits per heavy atom. The van der Waals surface area contributed by atoms with E-state index in [2.05, 4.69) is 156 Å². The lowest BCUT2D eigenvalue weighted by molar-refractivity contribution is 0.682. The van der Waals surface area contributed by atoms with Crippen LogP contribution < -0.4 is 31.4 Å². The smallest absolute Gasteiger partial charge is 0.0522 e. The highest BCUT2D eigenvalue weighted by Crippen LogP contribution is 2.50. The van der Waals surface area contributed by atoms with Crippen LogP contribution in [0.25, 0.3) is 11.1 Å². The van der Waals surface area contributed by atoms with Gasteiger partial charge in [0.15, 0.2) is 0 Å². The quantitative estimate of drug-likeness (QED) is 0.151. The minimum absolute atomic E-state index is 0.823. The summed E-state index contributed by atoms with van der Waals surface area (Å²) in [6.07, 6.45) is 9.60. The Morgan fingerprint density at radius 3 is 0.979 bits per heavy atom. The van der Waals surface area contributed by atoms with E-state index in [1.54, 1.807) is 11.1 Å². The number of rotatable bonds is 9. The molecule has 0 spiro atoms. The summed E-state index contributed by atoms with van der Waals surface area (Å²) in [7, 11) is -1.65. The zero-order chi connectivity index (χ0) is 32.1. The van der Waals surface area contributed by atoms with Gasteiger partial charge in [0.25, 0.3) is 0 Å². The number of anilines is 2. The van der Waals surface area contributed by atoms with Crippen molar-refractivity contribution in [3.05, 3.63) is 168 Å². The van der Waals surface area contributed by atoms with Gasteiger partial charge in [-0.05, 0) is 85.8 Å². The van der Waals surface area contributed by atoms with Gasteiger partial charge in [0, 0.05) is 43.7 Å². The molecule has 0 radical (unpaired) electrons. The highest BCUT2D eigenvalue weighted by molar-refractivity contribution is 7.74. The van der Waals surface area contributed by atoms with E-state index in [0.29, 0.717) is 0 Å². The average Bonchev–Trinajstić information content (AvgIpc) is 3.17. The molecule has 6 aromatic rings. The van der Waals surface area contributed by atoms with Crippen molar-refractivity contribution in [2.45, 2.75) is 51.4 Å². The normalized spacial score (nSPS) is 14.0. The van der Waals surface area contributed by atoms with Crippen LogP contribution >= 0.6 is 16.1 Å². The van der Waals surface area contributed by atoms with Crippen LogP contribution in [-0.4, -0.2) is 0 Å². The molecule has 4 heteroatoms. The highest BCUT2D eigenvalue weighted by atomic mass is 31.1. The second kappa shape index (κ2) is 14.5. The molecule has 0 unspecified atom stereocenters. The Hall–Kier alpha value is -4.22. The van der Waals surface area contributed by atoms with E-state index in [1.807, 2.05) is 0 Å². The van der Waals surface area contributed by atoms with Gasteiger partial charge in [-0.2, -0.15) is 0 Å². The highest BCUT2D eigenvalue weighted by Gasteiger charge is 2.28. The van der Waals surface area contributed by atoms with E-state index in [0.717, 1.165) is 25.7 Å². The first-order chi connectivity index (χ1) is 23.8. The number of aryl methyl sites for hydroxylation is 2. The van der Waals surface area contributed by atoms with Crippen LogP contribution in [0, 0.1) is 0 Å². The Morgan fingerprint density at radius 2 is 0.646 bits per heavy atom. The molecule has 0 aliphatic heterocycles. The van der Waals surface area contributed by atoms with Crippen LogP contribution in [-0.2, 0) is 25.7 Å². The first-order valence-electron chi connectivity index (χ1n) is 17.5. The summed E-state index contributed by atoms with van der Waals surface area (Å²) in [4.78, 5) is 0. The summed E-state index contributed by atoms with van der Waals surface area (Å²) < 4.78 is 0. The van der Waals surface area contributed by atoms with E-state index >= 15 is 0 Å². The summed E-state index contributed by atoms with van der Waals surface area (Å²) in [5, 5.41) is 13.8. The standard InChI is InChI=1S/C44H42N2P2/c1-5-19-35(20-6-1)47(36-21-7-2-8-22-36)45-41-31-29-33-17-13-15-27-39(33)43(41)44-40-28-16-14-18-34(40)30-32-42(44)46-48(37-23-9-3-10-24-37)38-25-11-4-12-26-38/h1-12,19-26,29-32,45-46H,13-18,27-28H2. The maximum absolute atomic E-state index is 4.22. The van der Waals surface area contributed by atoms with Gasteiger partial charge >= 0.3 is 0 Å². The second-order valence-corrected chi connectivity index (χ2v) is 16.8. The van der Waals surface area contributed by atoms with Crippen LogP contribution in [0.5, 0.6) is 0 Å². The third-order valence-electron chi connectivity index (χ3n) is 9.84. The zero-order valence-corrected chi connectivity index (χ0v) is 29.2. The molecule has 0 amide bonds. The number of benzene rings is 6. The van der Waals surface area contributed by atoms with Gasteiger partial charge in [0.05, 0.1) is 16.1 Å². The van der Waals surface area contributed by atoms with Crippen molar-refractivity contribution >= 4 is 48.7 Å². The number of fused-ring (bicyclic) bond motifs is 2. The van der Waals surface area contributed by atoms with Crippen molar-refractivity contribution < 1.29 is 0 Å². The fraction of sp³-hybridized carbons (Fsp3) is 0.182. The van der Waals surface area contributed by atoms with Crippen molar-refractivity contribution in [3.8, 4) is 11.1 Å². The lowest BCUT2D eigenvalue weighted by Crippen LogP contribution is -2.19. The van der Waals surface area contributed by atoms with Crippen LogP contribution in [0.15, 0.2) is 146 Å². The SMILES string of the molecule is c1ccc(P(Nc2ccc3c(c2-c2c(NP(c4ccccc4)c4ccccc4)ccc4c2CCCC4)CCCC3)c2ccccc2)cc1. The van der Waals surface area contributed by atoms with Crippen LogP contribution in [0.2, 0.25) is 0 Å². The Labute approximate surface area is 288 Å². The predicted molar refractivity (Wildman–Crippen MR) is 211 cm³/mol.